The lowest BCUT2D eigenvalue weighted by atomic mass is 9.87. The van der Waals surface area contributed by atoms with Crippen LogP contribution in [0.2, 0.25) is 0 Å². The molecule has 2 aliphatic rings. The highest BCUT2D eigenvalue weighted by Gasteiger charge is 2.37. The average molecular weight is 451 g/mol. The van der Waals surface area contributed by atoms with E-state index in [1.807, 2.05) is 38.1 Å². The molecule has 7 nitrogen and oxygen atoms in total. The molecule has 1 saturated heterocycles. The zero-order chi connectivity index (χ0) is 23.6. The van der Waals surface area contributed by atoms with Crippen LogP contribution in [0.25, 0.3) is 11.1 Å². The Morgan fingerprint density at radius 3 is 2.24 bits per heavy atom. The third kappa shape index (κ3) is 4.72. The van der Waals surface area contributed by atoms with Gasteiger partial charge in [-0.1, -0.05) is 62.4 Å². The Kier molecular flexibility index (Phi) is 6.40. The second kappa shape index (κ2) is 9.25. The summed E-state index contributed by atoms with van der Waals surface area (Å²) in [7, 11) is 0. The van der Waals surface area contributed by atoms with Gasteiger partial charge in [0.15, 0.2) is 0 Å². The number of carbonyl (C=O) groups is 3. The SMILES string of the molecule is CC(C)(CCNC(=O)OCC1c2ccccc2-c2ccccc21)C(=O)N1CCC(C(=O)O)C1. The van der Waals surface area contributed by atoms with Crippen LogP contribution in [0.4, 0.5) is 4.79 Å². The number of carboxylic acids is 1. The summed E-state index contributed by atoms with van der Waals surface area (Å²) in [5, 5.41) is 11.9. The minimum absolute atomic E-state index is 0.00137. The highest BCUT2D eigenvalue weighted by atomic mass is 16.5. The molecule has 7 heteroatoms. The van der Waals surface area contributed by atoms with E-state index in [9.17, 15) is 14.4 Å². The normalized spacial score (nSPS) is 17.4. The minimum Gasteiger partial charge on any atom is -0.481 e. The fourth-order valence-corrected chi connectivity index (χ4v) is 4.81. The standard InChI is InChI=1S/C26H30N2O5/c1-26(2,24(31)28-14-11-17(15-28)23(29)30)12-13-27-25(32)33-16-22-20-9-5-3-7-18(20)19-8-4-6-10-21(19)22/h3-10,17,22H,11-16H2,1-2H3,(H,27,32)(H,29,30). The molecule has 0 aromatic heterocycles. The van der Waals surface area contributed by atoms with Crippen LogP contribution in [0.1, 0.15) is 43.7 Å². The smallest absolute Gasteiger partial charge is 0.407 e. The summed E-state index contributed by atoms with van der Waals surface area (Å²) >= 11 is 0. The molecule has 2 N–H and O–H groups in total. The number of alkyl carbamates (subject to hydrolysis) is 1. The molecule has 2 amide bonds. The summed E-state index contributed by atoms with van der Waals surface area (Å²) in [6.07, 6.45) is 0.409. The first-order valence-electron chi connectivity index (χ1n) is 11.4. The molecule has 2 aromatic carbocycles. The maximum Gasteiger partial charge on any atom is 0.407 e. The molecular weight excluding hydrogens is 420 g/mol. The number of nitrogens with one attached hydrogen (secondary N) is 1. The number of fused-ring (bicyclic) bond motifs is 3. The Morgan fingerprint density at radius 2 is 1.67 bits per heavy atom. The van der Waals surface area contributed by atoms with Crippen LogP contribution in [0, 0.1) is 11.3 Å². The van der Waals surface area contributed by atoms with Gasteiger partial charge < -0.3 is 20.1 Å². The molecule has 0 bridgehead atoms. The number of ether oxygens (including phenoxy) is 1. The number of hydrogen-bond donors (Lipinski definition) is 2. The molecule has 4 rings (SSSR count). The molecule has 0 saturated carbocycles. The number of aliphatic carboxylic acids is 1. The molecule has 1 aliphatic heterocycles. The largest absolute Gasteiger partial charge is 0.481 e. The Balaban J connectivity index is 1.27. The number of likely N-dealkylation sites (tertiary alicyclic amines) is 1. The fraction of sp³-hybridized carbons (Fsp3) is 0.423. The summed E-state index contributed by atoms with van der Waals surface area (Å²) in [6, 6.07) is 16.3. The molecule has 1 fully saturated rings. The highest BCUT2D eigenvalue weighted by Crippen LogP contribution is 2.44. The second-order valence-corrected chi connectivity index (χ2v) is 9.46. The zero-order valence-corrected chi connectivity index (χ0v) is 19.0. The number of carbonyl (C=O) groups excluding carboxylic acids is 2. The summed E-state index contributed by atoms with van der Waals surface area (Å²) in [4.78, 5) is 38.0. The van der Waals surface area contributed by atoms with Crippen molar-refractivity contribution in [3.05, 3.63) is 59.7 Å². The van der Waals surface area contributed by atoms with Gasteiger partial charge in [0.05, 0.1) is 5.92 Å². The van der Waals surface area contributed by atoms with E-state index in [1.54, 1.807) is 4.90 Å². The number of amides is 2. The van der Waals surface area contributed by atoms with Crippen LogP contribution >= 0.6 is 0 Å². The van der Waals surface area contributed by atoms with Crippen molar-refractivity contribution < 1.29 is 24.2 Å². The third-order valence-corrected chi connectivity index (χ3v) is 6.77. The Morgan fingerprint density at radius 1 is 1.06 bits per heavy atom. The first kappa shape index (κ1) is 22.8. The van der Waals surface area contributed by atoms with Crippen molar-refractivity contribution >= 4 is 18.0 Å². The summed E-state index contributed by atoms with van der Waals surface area (Å²) in [6.45, 7) is 4.89. The first-order chi connectivity index (χ1) is 15.8. The summed E-state index contributed by atoms with van der Waals surface area (Å²) in [5.74, 6) is -1.44. The second-order valence-electron chi connectivity index (χ2n) is 9.46. The molecule has 1 unspecified atom stereocenters. The fourth-order valence-electron chi connectivity index (χ4n) is 4.81. The van der Waals surface area contributed by atoms with Gasteiger partial charge >= 0.3 is 12.1 Å². The van der Waals surface area contributed by atoms with E-state index in [-0.39, 0.29) is 25.0 Å². The lowest BCUT2D eigenvalue weighted by molar-refractivity contribution is -0.142. The van der Waals surface area contributed by atoms with E-state index >= 15 is 0 Å². The third-order valence-electron chi connectivity index (χ3n) is 6.77. The van der Waals surface area contributed by atoms with Crippen molar-refractivity contribution in [2.24, 2.45) is 11.3 Å². The Bertz CT molecular complexity index is 1020. The number of rotatable bonds is 7. The van der Waals surface area contributed by atoms with Gasteiger partial charge in [-0.2, -0.15) is 0 Å². The van der Waals surface area contributed by atoms with Crippen molar-refractivity contribution in [1.82, 2.24) is 10.2 Å². The van der Waals surface area contributed by atoms with Gasteiger partial charge in [0.1, 0.15) is 6.61 Å². The molecule has 1 heterocycles. The molecular formula is C26H30N2O5. The van der Waals surface area contributed by atoms with E-state index in [4.69, 9.17) is 9.84 Å². The van der Waals surface area contributed by atoms with Crippen LogP contribution in [-0.2, 0) is 14.3 Å². The van der Waals surface area contributed by atoms with Crippen molar-refractivity contribution in [3.63, 3.8) is 0 Å². The molecule has 1 aliphatic carbocycles. The average Bonchev–Trinajstić information content (AvgIpc) is 3.41. The van der Waals surface area contributed by atoms with Crippen LogP contribution in [0.15, 0.2) is 48.5 Å². The van der Waals surface area contributed by atoms with Gasteiger partial charge in [-0.25, -0.2) is 4.79 Å². The maximum atomic E-state index is 12.8. The monoisotopic (exact) mass is 450 g/mol. The lowest BCUT2D eigenvalue weighted by Crippen LogP contribution is -2.42. The Labute approximate surface area is 193 Å². The lowest BCUT2D eigenvalue weighted by Gasteiger charge is -2.29. The molecule has 0 spiro atoms. The Hall–Kier alpha value is -3.35. The number of hydrogen-bond acceptors (Lipinski definition) is 4. The van der Waals surface area contributed by atoms with Crippen molar-refractivity contribution in [2.45, 2.75) is 32.6 Å². The topological polar surface area (TPSA) is 95.9 Å². The number of carboxylic acid groups (broad SMARTS) is 1. The molecule has 2 aromatic rings. The molecule has 0 radical (unpaired) electrons. The van der Waals surface area contributed by atoms with Crippen molar-refractivity contribution in [2.75, 3.05) is 26.2 Å². The predicted octanol–water partition coefficient (Wildman–Crippen LogP) is 3.87. The van der Waals surface area contributed by atoms with Gasteiger partial charge in [-0.15, -0.1) is 0 Å². The van der Waals surface area contributed by atoms with Crippen LogP contribution in [0.5, 0.6) is 0 Å². The predicted molar refractivity (Wildman–Crippen MR) is 124 cm³/mol. The summed E-state index contributed by atoms with van der Waals surface area (Å²) < 4.78 is 5.54. The summed E-state index contributed by atoms with van der Waals surface area (Å²) in [5.41, 5.74) is 3.96. The van der Waals surface area contributed by atoms with Gasteiger partial charge in [0.25, 0.3) is 0 Å². The quantitative estimate of drug-likeness (QED) is 0.668. The van der Waals surface area contributed by atoms with E-state index in [2.05, 4.69) is 29.6 Å². The van der Waals surface area contributed by atoms with Crippen LogP contribution < -0.4 is 5.32 Å². The van der Waals surface area contributed by atoms with Gasteiger partial charge in [0, 0.05) is 31.0 Å². The zero-order valence-electron chi connectivity index (χ0n) is 19.0. The van der Waals surface area contributed by atoms with Crippen LogP contribution in [-0.4, -0.2) is 54.2 Å². The van der Waals surface area contributed by atoms with Gasteiger partial charge in [-0.3, -0.25) is 9.59 Å². The van der Waals surface area contributed by atoms with Crippen molar-refractivity contribution in [3.8, 4) is 11.1 Å². The van der Waals surface area contributed by atoms with Gasteiger partial charge in [0.2, 0.25) is 5.91 Å². The minimum atomic E-state index is -0.861. The van der Waals surface area contributed by atoms with Crippen LogP contribution in [0.3, 0.4) is 0 Å². The van der Waals surface area contributed by atoms with Crippen molar-refractivity contribution in [1.29, 1.82) is 0 Å². The number of benzene rings is 2. The molecule has 1 atom stereocenters. The van der Waals surface area contributed by atoms with Gasteiger partial charge in [-0.05, 0) is 35.1 Å². The number of nitrogens with zero attached hydrogens (tertiary/aromatic N) is 1. The maximum absolute atomic E-state index is 12.8. The molecule has 33 heavy (non-hydrogen) atoms. The van der Waals surface area contributed by atoms with E-state index in [0.717, 1.165) is 11.1 Å². The van der Waals surface area contributed by atoms with E-state index < -0.39 is 23.4 Å². The first-order valence-corrected chi connectivity index (χ1v) is 11.4. The molecule has 174 valence electrons. The highest BCUT2D eigenvalue weighted by molar-refractivity contribution is 5.83. The van der Waals surface area contributed by atoms with E-state index in [1.165, 1.54) is 11.1 Å². The van der Waals surface area contributed by atoms with E-state index in [0.29, 0.717) is 25.9 Å².